The van der Waals surface area contributed by atoms with Crippen LogP contribution in [0.3, 0.4) is 0 Å². The Morgan fingerprint density at radius 2 is 1.44 bits per heavy atom. The van der Waals surface area contributed by atoms with E-state index in [0.717, 1.165) is 0 Å². The molecule has 0 aliphatic heterocycles. The molecule has 2 aromatic carbocycles. The summed E-state index contributed by atoms with van der Waals surface area (Å²) in [6.07, 6.45) is 1.15. The van der Waals surface area contributed by atoms with Gasteiger partial charge in [-0.15, -0.1) is 0 Å². The zero-order chi connectivity index (χ0) is 23.1. The monoisotopic (exact) mass is 428 g/mol. The number of hydrogen-bond acceptors (Lipinski definition) is 3. The van der Waals surface area contributed by atoms with Crippen LogP contribution >= 0.6 is 0 Å². The van der Waals surface area contributed by atoms with Crippen molar-refractivity contribution >= 4 is 11.9 Å². The van der Waals surface area contributed by atoms with Crippen molar-refractivity contribution in [3.05, 3.63) is 83.0 Å². The summed E-state index contributed by atoms with van der Waals surface area (Å²) in [5, 5.41) is 2.71. The maximum atomic E-state index is 12.5. The van der Waals surface area contributed by atoms with Crippen LogP contribution in [-0.2, 0) is 15.6 Å². The molecule has 1 amide bonds. The highest BCUT2D eigenvalue weighted by molar-refractivity contribution is 5.84. The molecule has 0 saturated heterocycles. The summed E-state index contributed by atoms with van der Waals surface area (Å²) < 4.78 is 5.70. The minimum atomic E-state index is -0.488. The number of benzene rings is 2. The van der Waals surface area contributed by atoms with E-state index in [4.69, 9.17) is 4.74 Å². The summed E-state index contributed by atoms with van der Waals surface area (Å²) in [4.78, 5) is 16.6. The van der Waals surface area contributed by atoms with E-state index < -0.39 is 6.09 Å². The third-order valence-electron chi connectivity index (χ3n) is 6.15. The summed E-state index contributed by atoms with van der Waals surface area (Å²) in [6.45, 7) is 13.6. The SMILES string of the molecule is CC(C)(C)c1ccc2c(c1)C(COC(=O)Nc1ccccn1)c1cc(C(C)(C)C)ccc1-2. The first-order valence-corrected chi connectivity index (χ1v) is 11.2. The van der Waals surface area contributed by atoms with Crippen LogP contribution in [0.5, 0.6) is 0 Å². The van der Waals surface area contributed by atoms with Gasteiger partial charge in [0.1, 0.15) is 12.4 Å². The number of hydrogen-bond donors (Lipinski definition) is 1. The quantitative estimate of drug-likeness (QED) is 0.487. The molecular weight excluding hydrogens is 396 g/mol. The van der Waals surface area contributed by atoms with E-state index in [1.54, 1.807) is 12.3 Å². The lowest BCUT2D eigenvalue weighted by atomic mass is 9.83. The van der Waals surface area contributed by atoms with Gasteiger partial charge >= 0.3 is 6.09 Å². The van der Waals surface area contributed by atoms with Crippen LogP contribution in [-0.4, -0.2) is 17.7 Å². The number of amides is 1. The van der Waals surface area contributed by atoms with E-state index in [-0.39, 0.29) is 23.4 Å². The number of pyridine rings is 1. The third-order valence-corrected chi connectivity index (χ3v) is 6.15. The van der Waals surface area contributed by atoms with E-state index in [9.17, 15) is 4.79 Å². The number of carbonyl (C=O) groups is 1. The van der Waals surface area contributed by atoms with Gasteiger partial charge in [0.15, 0.2) is 0 Å². The highest BCUT2D eigenvalue weighted by atomic mass is 16.5. The van der Waals surface area contributed by atoms with E-state index in [0.29, 0.717) is 5.82 Å². The topological polar surface area (TPSA) is 51.2 Å². The van der Waals surface area contributed by atoms with Crippen molar-refractivity contribution in [3.8, 4) is 11.1 Å². The Kier molecular flexibility index (Phi) is 5.58. The lowest BCUT2D eigenvalue weighted by Gasteiger charge is -2.22. The normalized spacial score (nSPS) is 13.4. The molecule has 0 bridgehead atoms. The van der Waals surface area contributed by atoms with Crippen LogP contribution in [0.4, 0.5) is 10.6 Å². The van der Waals surface area contributed by atoms with E-state index in [1.807, 2.05) is 12.1 Å². The second-order valence-electron chi connectivity index (χ2n) is 10.6. The van der Waals surface area contributed by atoms with Crippen molar-refractivity contribution in [2.75, 3.05) is 11.9 Å². The van der Waals surface area contributed by atoms with Gasteiger partial charge in [0.2, 0.25) is 0 Å². The van der Waals surface area contributed by atoms with Crippen LogP contribution in [0.2, 0.25) is 0 Å². The summed E-state index contributed by atoms with van der Waals surface area (Å²) in [5.41, 5.74) is 7.56. The molecule has 1 heterocycles. The molecule has 0 unspecified atom stereocenters. The Balaban J connectivity index is 1.67. The predicted molar refractivity (Wildman–Crippen MR) is 130 cm³/mol. The molecule has 4 heteroatoms. The lowest BCUT2D eigenvalue weighted by Crippen LogP contribution is -2.19. The molecule has 32 heavy (non-hydrogen) atoms. The van der Waals surface area contributed by atoms with E-state index >= 15 is 0 Å². The molecule has 0 fully saturated rings. The Morgan fingerprint density at radius 3 is 1.91 bits per heavy atom. The van der Waals surface area contributed by atoms with Crippen molar-refractivity contribution in [1.82, 2.24) is 4.98 Å². The highest BCUT2D eigenvalue weighted by Crippen LogP contribution is 2.47. The lowest BCUT2D eigenvalue weighted by molar-refractivity contribution is 0.158. The number of aromatic nitrogens is 1. The van der Waals surface area contributed by atoms with Crippen LogP contribution < -0.4 is 5.32 Å². The predicted octanol–water partition coefficient (Wildman–Crippen LogP) is 7.04. The number of fused-ring (bicyclic) bond motifs is 3. The number of ether oxygens (including phenoxy) is 1. The molecule has 0 radical (unpaired) electrons. The average molecular weight is 429 g/mol. The second-order valence-corrected chi connectivity index (χ2v) is 10.6. The van der Waals surface area contributed by atoms with E-state index in [2.05, 4.69) is 88.2 Å². The van der Waals surface area contributed by atoms with Gasteiger partial charge in [-0.05, 0) is 56.3 Å². The second kappa shape index (κ2) is 8.09. The number of nitrogens with zero attached hydrogens (tertiary/aromatic N) is 1. The summed E-state index contributed by atoms with van der Waals surface area (Å²) in [7, 11) is 0. The van der Waals surface area contributed by atoms with Gasteiger partial charge in [0, 0.05) is 12.1 Å². The molecule has 1 aliphatic carbocycles. The Morgan fingerprint density at radius 1 is 0.875 bits per heavy atom. The summed E-state index contributed by atoms with van der Waals surface area (Å²) in [5.74, 6) is 0.480. The van der Waals surface area contributed by atoms with Crippen LogP contribution in [0, 0.1) is 0 Å². The smallest absolute Gasteiger partial charge is 0.412 e. The van der Waals surface area contributed by atoms with Crippen molar-refractivity contribution < 1.29 is 9.53 Å². The fourth-order valence-corrected chi connectivity index (χ4v) is 4.21. The molecule has 4 nitrogen and oxygen atoms in total. The molecule has 0 spiro atoms. The Bertz CT molecular complexity index is 1070. The maximum absolute atomic E-state index is 12.5. The van der Waals surface area contributed by atoms with Gasteiger partial charge in [0.05, 0.1) is 0 Å². The van der Waals surface area contributed by atoms with Gasteiger partial charge in [-0.3, -0.25) is 5.32 Å². The Labute approximate surface area is 191 Å². The minimum absolute atomic E-state index is 0.000850. The molecular formula is C28H32N2O2. The minimum Gasteiger partial charge on any atom is -0.448 e. The van der Waals surface area contributed by atoms with Crippen molar-refractivity contribution in [2.45, 2.75) is 58.3 Å². The molecule has 166 valence electrons. The first-order chi connectivity index (χ1) is 15.0. The van der Waals surface area contributed by atoms with Crippen molar-refractivity contribution in [2.24, 2.45) is 0 Å². The first kappa shape index (κ1) is 22.1. The highest BCUT2D eigenvalue weighted by Gasteiger charge is 2.32. The number of rotatable bonds is 3. The Hall–Kier alpha value is -3.14. The van der Waals surface area contributed by atoms with Crippen LogP contribution in [0.15, 0.2) is 60.8 Å². The summed E-state index contributed by atoms with van der Waals surface area (Å²) in [6, 6.07) is 18.8. The van der Waals surface area contributed by atoms with Crippen molar-refractivity contribution in [3.63, 3.8) is 0 Å². The third kappa shape index (κ3) is 4.40. The first-order valence-electron chi connectivity index (χ1n) is 11.2. The van der Waals surface area contributed by atoms with Crippen LogP contribution in [0.25, 0.3) is 11.1 Å². The van der Waals surface area contributed by atoms with Crippen LogP contribution in [0.1, 0.15) is 69.7 Å². The summed E-state index contributed by atoms with van der Waals surface area (Å²) >= 11 is 0. The van der Waals surface area contributed by atoms with Gasteiger partial charge in [-0.1, -0.05) is 84.0 Å². The number of nitrogens with one attached hydrogen (secondary N) is 1. The molecule has 1 aliphatic rings. The van der Waals surface area contributed by atoms with Gasteiger partial charge in [-0.25, -0.2) is 9.78 Å². The zero-order valence-electron chi connectivity index (χ0n) is 19.8. The molecule has 4 rings (SSSR count). The molecule has 1 aromatic heterocycles. The largest absolute Gasteiger partial charge is 0.448 e. The van der Waals surface area contributed by atoms with Gasteiger partial charge in [0.25, 0.3) is 0 Å². The standard InChI is InChI=1S/C28H32N2O2/c1-27(2,3)18-10-12-20-21-13-11-19(28(4,5)6)16-23(21)24(22(20)15-18)17-32-26(31)30-25-9-7-8-14-29-25/h7-16,24H,17H2,1-6H3,(H,29,30,31). The molecule has 3 aromatic rings. The molecule has 1 N–H and O–H groups in total. The fraction of sp³-hybridized carbons (Fsp3) is 0.357. The van der Waals surface area contributed by atoms with Gasteiger partial charge in [-0.2, -0.15) is 0 Å². The average Bonchev–Trinajstić information content (AvgIpc) is 3.04. The fourth-order valence-electron chi connectivity index (χ4n) is 4.21. The van der Waals surface area contributed by atoms with Gasteiger partial charge < -0.3 is 4.74 Å². The maximum Gasteiger partial charge on any atom is 0.412 e. The van der Waals surface area contributed by atoms with E-state index in [1.165, 1.54) is 33.4 Å². The number of anilines is 1. The number of carbonyl (C=O) groups excluding carboxylic acids is 1. The zero-order valence-corrected chi connectivity index (χ0v) is 19.8. The van der Waals surface area contributed by atoms with Crippen molar-refractivity contribution in [1.29, 1.82) is 0 Å². The molecule has 0 atom stereocenters. The molecule has 0 saturated carbocycles.